The zero-order chi connectivity index (χ0) is 29.5. The number of hydrogen-bond acceptors (Lipinski definition) is 8. The Morgan fingerprint density at radius 1 is 0.907 bits per heavy atom. The first kappa shape index (κ1) is 26.8. The summed E-state index contributed by atoms with van der Waals surface area (Å²) in [7, 11) is 3.96. The van der Waals surface area contributed by atoms with Crippen LogP contribution in [-0.4, -0.2) is 91.4 Å². The maximum atomic E-state index is 13.7. The van der Waals surface area contributed by atoms with E-state index in [0.29, 0.717) is 35.6 Å². The van der Waals surface area contributed by atoms with E-state index in [4.69, 9.17) is 9.97 Å². The van der Waals surface area contributed by atoms with Crippen LogP contribution in [0.4, 0.5) is 5.82 Å². The van der Waals surface area contributed by atoms with E-state index in [0.717, 1.165) is 43.1 Å². The lowest BCUT2D eigenvalue weighted by atomic mass is 9.88. The molecule has 11 heteroatoms. The molecule has 0 unspecified atom stereocenters. The number of rotatable bonds is 5. The van der Waals surface area contributed by atoms with Crippen LogP contribution >= 0.6 is 0 Å². The number of pyridine rings is 1. The van der Waals surface area contributed by atoms with E-state index in [-0.39, 0.29) is 17.7 Å². The molecule has 216 valence electrons. The monoisotopic (exact) mass is 572 g/mol. The van der Waals surface area contributed by atoms with E-state index >= 15 is 0 Å². The lowest BCUT2D eigenvalue weighted by Crippen LogP contribution is -2.51. The highest BCUT2D eigenvalue weighted by Crippen LogP contribution is 2.34. The van der Waals surface area contributed by atoms with Gasteiger partial charge in [-0.3, -0.25) is 9.48 Å². The summed E-state index contributed by atoms with van der Waals surface area (Å²) in [4.78, 5) is 29.9. The van der Waals surface area contributed by atoms with Gasteiger partial charge in [0.1, 0.15) is 23.0 Å². The van der Waals surface area contributed by atoms with Gasteiger partial charge in [0, 0.05) is 75.8 Å². The topological polar surface area (TPSA) is 111 Å². The molecule has 4 aromatic heterocycles. The van der Waals surface area contributed by atoms with Crippen molar-refractivity contribution in [3.8, 4) is 28.6 Å². The zero-order valence-corrected chi connectivity index (χ0v) is 24.2. The Morgan fingerprint density at radius 3 is 2.42 bits per heavy atom. The van der Waals surface area contributed by atoms with Crippen LogP contribution < -0.4 is 4.90 Å². The summed E-state index contributed by atoms with van der Waals surface area (Å²) < 4.78 is 3.42. The fourth-order valence-electron chi connectivity index (χ4n) is 6.38. The van der Waals surface area contributed by atoms with E-state index < -0.39 is 0 Å². The van der Waals surface area contributed by atoms with E-state index in [1.165, 1.54) is 5.56 Å². The number of carbonyl (C=O) groups is 1. The third-order valence-electron chi connectivity index (χ3n) is 8.60. The first-order valence-electron chi connectivity index (χ1n) is 14.5. The number of nitrogens with zero attached hydrogens (tertiary/aromatic N) is 10. The molecule has 0 aliphatic carbocycles. The summed E-state index contributed by atoms with van der Waals surface area (Å²) in [5.41, 5.74) is 5.33. The smallest absolute Gasteiger partial charge is 0.227 e. The number of carbonyl (C=O) groups excluding carboxylic acids is 1. The van der Waals surface area contributed by atoms with Crippen molar-refractivity contribution >= 4 is 17.2 Å². The number of benzene rings is 1. The summed E-state index contributed by atoms with van der Waals surface area (Å²) in [6, 6.07) is 16.6. The van der Waals surface area contributed by atoms with Gasteiger partial charge in [-0.25, -0.2) is 14.5 Å². The Bertz CT molecular complexity index is 1810. The summed E-state index contributed by atoms with van der Waals surface area (Å²) >= 11 is 0. The molecule has 5 aromatic rings. The second-order valence-corrected chi connectivity index (χ2v) is 11.4. The third-order valence-corrected chi connectivity index (χ3v) is 8.60. The molecule has 1 amide bonds. The first-order chi connectivity index (χ1) is 21.0. The average molecular weight is 573 g/mol. The van der Waals surface area contributed by atoms with Crippen LogP contribution in [-0.2, 0) is 11.8 Å². The van der Waals surface area contributed by atoms with Gasteiger partial charge in [-0.15, -0.1) is 0 Å². The average Bonchev–Trinajstić information content (AvgIpc) is 3.79. The lowest BCUT2D eigenvalue weighted by Gasteiger charge is -2.37. The minimum atomic E-state index is -0.0232. The molecule has 2 fully saturated rings. The Balaban J connectivity index is 1.08. The zero-order valence-electron chi connectivity index (χ0n) is 24.2. The fraction of sp³-hybridized carbons (Fsp3) is 0.312. The third kappa shape index (κ3) is 5.00. The molecule has 1 aromatic carbocycles. The number of likely N-dealkylation sites (tertiary alicyclic amines) is 1. The van der Waals surface area contributed by atoms with Gasteiger partial charge in [0.05, 0.1) is 35.9 Å². The number of aromatic nitrogens is 6. The Hall–Kier alpha value is -5.08. The molecule has 11 nitrogen and oxygen atoms in total. The van der Waals surface area contributed by atoms with E-state index in [2.05, 4.69) is 57.4 Å². The Labute approximate surface area is 249 Å². The van der Waals surface area contributed by atoms with Crippen LogP contribution in [0.15, 0.2) is 73.4 Å². The molecular weight excluding hydrogens is 540 g/mol. The van der Waals surface area contributed by atoms with Crippen molar-refractivity contribution in [1.29, 1.82) is 5.26 Å². The highest BCUT2D eigenvalue weighted by Gasteiger charge is 2.39. The van der Waals surface area contributed by atoms with Crippen LogP contribution in [0.3, 0.4) is 0 Å². The van der Waals surface area contributed by atoms with Gasteiger partial charge in [-0.2, -0.15) is 15.5 Å². The lowest BCUT2D eigenvalue weighted by molar-refractivity contribution is -0.135. The molecule has 43 heavy (non-hydrogen) atoms. The quantitative estimate of drug-likeness (QED) is 0.316. The molecule has 0 N–H and O–H groups in total. The van der Waals surface area contributed by atoms with Crippen molar-refractivity contribution in [2.75, 3.05) is 51.2 Å². The van der Waals surface area contributed by atoms with Crippen molar-refractivity contribution < 1.29 is 4.79 Å². The maximum absolute atomic E-state index is 13.7. The molecule has 6 heterocycles. The summed E-state index contributed by atoms with van der Waals surface area (Å²) in [6.07, 6.45) is 8.82. The molecule has 0 bridgehead atoms. The number of likely N-dealkylation sites (N-methyl/N-ethyl adjacent to an activating group) is 1. The molecule has 0 spiro atoms. The number of nitriles is 1. The highest BCUT2D eigenvalue weighted by molar-refractivity contribution is 5.83. The fourth-order valence-corrected chi connectivity index (χ4v) is 6.38. The summed E-state index contributed by atoms with van der Waals surface area (Å²) in [6.45, 7) is 4.46. The normalized spacial score (nSPS) is 19.2. The number of fused-ring (bicyclic) bond motifs is 1. The van der Waals surface area contributed by atoms with Gasteiger partial charge >= 0.3 is 0 Å². The number of aryl methyl sites for hydroxylation is 1. The number of piperazine rings is 1. The Kier molecular flexibility index (Phi) is 6.83. The van der Waals surface area contributed by atoms with Crippen LogP contribution in [0.1, 0.15) is 17.0 Å². The minimum absolute atomic E-state index is 0.0232. The van der Waals surface area contributed by atoms with Crippen LogP contribution in [0.5, 0.6) is 0 Å². The molecule has 2 atom stereocenters. The molecule has 0 radical (unpaired) electrons. The van der Waals surface area contributed by atoms with Crippen molar-refractivity contribution in [3.05, 3.63) is 84.6 Å². The predicted octanol–water partition coefficient (Wildman–Crippen LogP) is 3.06. The number of anilines is 1. The molecule has 7 rings (SSSR count). The largest absolute Gasteiger partial charge is 0.353 e. The molecule has 0 saturated carbocycles. The van der Waals surface area contributed by atoms with Gasteiger partial charge in [0.25, 0.3) is 0 Å². The standard InChI is InChI=1S/C32H32N10O/c1-38-19-26(22-6-4-3-5-7-22)27(20-38)32(43)41-12-10-40(11-13-41)29-9-8-23(15-34-29)30-31-24(14-33)16-36-42(31)21-28(37-30)25-17-35-39(2)18-25/h3-9,15-18,21,26-27H,10-13,19-20H2,1-2H3/t26-,27+/m1/s1. The SMILES string of the molecule is CN1C[C@H](C(=O)N2CCN(c3ccc(-c4nc(-c5cnn(C)c5)cn5ncc(C#N)c45)cn3)CC2)[C@@H](c2ccccc2)C1. The van der Waals surface area contributed by atoms with Gasteiger partial charge < -0.3 is 14.7 Å². The molecule has 2 aliphatic rings. The number of amides is 1. The number of hydrogen-bond donors (Lipinski definition) is 0. The van der Waals surface area contributed by atoms with Gasteiger partial charge in [-0.1, -0.05) is 30.3 Å². The summed E-state index contributed by atoms with van der Waals surface area (Å²) in [5, 5.41) is 18.4. The van der Waals surface area contributed by atoms with Gasteiger partial charge in [0.15, 0.2) is 0 Å². The Morgan fingerprint density at radius 2 is 1.72 bits per heavy atom. The maximum Gasteiger partial charge on any atom is 0.227 e. The molecule has 2 saturated heterocycles. The second kappa shape index (κ2) is 11.0. The summed E-state index contributed by atoms with van der Waals surface area (Å²) in [5.74, 6) is 1.30. The van der Waals surface area contributed by atoms with Crippen molar-refractivity contribution in [2.24, 2.45) is 13.0 Å². The van der Waals surface area contributed by atoms with Crippen molar-refractivity contribution in [2.45, 2.75) is 5.92 Å². The van der Waals surface area contributed by atoms with Crippen molar-refractivity contribution in [3.63, 3.8) is 0 Å². The second-order valence-electron chi connectivity index (χ2n) is 11.4. The predicted molar refractivity (Wildman–Crippen MR) is 162 cm³/mol. The van der Waals surface area contributed by atoms with Gasteiger partial charge in [0.2, 0.25) is 5.91 Å². The van der Waals surface area contributed by atoms with Crippen LogP contribution in [0.2, 0.25) is 0 Å². The van der Waals surface area contributed by atoms with E-state index in [9.17, 15) is 10.1 Å². The molecule has 2 aliphatic heterocycles. The first-order valence-corrected chi connectivity index (χ1v) is 14.5. The van der Waals surface area contributed by atoms with E-state index in [1.807, 2.05) is 42.5 Å². The van der Waals surface area contributed by atoms with Crippen molar-refractivity contribution in [1.82, 2.24) is 39.2 Å². The van der Waals surface area contributed by atoms with E-state index in [1.54, 1.807) is 27.8 Å². The van der Waals surface area contributed by atoms with Crippen LogP contribution in [0, 0.1) is 17.2 Å². The van der Waals surface area contributed by atoms with Crippen LogP contribution in [0.25, 0.3) is 28.0 Å². The highest BCUT2D eigenvalue weighted by atomic mass is 16.2. The minimum Gasteiger partial charge on any atom is -0.353 e. The van der Waals surface area contributed by atoms with Gasteiger partial charge in [-0.05, 0) is 24.7 Å². The molecular formula is C32H32N10O.